The Morgan fingerprint density at radius 1 is 0.897 bits per heavy atom. The highest BCUT2D eigenvalue weighted by molar-refractivity contribution is 5.97. The van der Waals surface area contributed by atoms with Gasteiger partial charge < -0.3 is 14.8 Å². The number of hydrogen-bond donors (Lipinski definition) is 1. The van der Waals surface area contributed by atoms with Crippen molar-refractivity contribution in [2.45, 2.75) is 59.0 Å². The van der Waals surface area contributed by atoms with Crippen LogP contribution >= 0.6 is 0 Å². The van der Waals surface area contributed by atoms with Crippen molar-refractivity contribution in [3.8, 4) is 5.75 Å². The Morgan fingerprint density at radius 2 is 1.48 bits per heavy atom. The Morgan fingerprint density at radius 3 is 2.00 bits per heavy atom. The molecule has 156 valence electrons. The van der Waals surface area contributed by atoms with Crippen LogP contribution < -0.4 is 10.1 Å². The van der Waals surface area contributed by atoms with Gasteiger partial charge in [0.2, 0.25) is 0 Å². The van der Waals surface area contributed by atoms with E-state index in [4.69, 9.17) is 9.47 Å². The lowest BCUT2D eigenvalue weighted by molar-refractivity contribution is -0.128. The summed E-state index contributed by atoms with van der Waals surface area (Å²) in [6.45, 7) is 12.2. The Balaban J connectivity index is 2.00. The van der Waals surface area contributed by atoms with Crippen LogP contribution in [-0.4, -0.2) is 24.1 Å². The van der Waals surface area contributed by atoms with Crippen LogP contribution in [0.5, 0.6) is 5.75 Å². The maximum absolute atomic E-state index is 12.7. The van der Waals surface area contributed by atoms with Crippen LogP contribution in [0.4, 0.5) is 5.69 Å². The van der Waals surface area contributed by atoms with Gasteiger partial charge in [0.1, 0.15) is 5.75 Å². The quantitative estimate of drug-likeness (QED) is 0.640. The predicted octanol–water partition coefficient (Wildman–Crippen LogP) is 5.35. The lowest BCUT2D eigenvalue weighted by Crippen LogP contribution is -2.42. The second-order valence-corrected chi connectivity index (χ2v) is 8.55. The first kappa shape index (κ1) is 22.5. The average molecular weight is 398 g/mol. The lowest BCUT2D eigenvalue weighted by Gasteiger charge is -2.26. The number of anilines is 1. The van der Waals surface area contributed by atoms with Gasteiger partial charge in [-0.15, -0.1) is 0 Å². The highest BCUT2D eigenvalue weighted by Gasteiger charge is 2.30. The first-order valence-electron chi connectivity index (χ1n) is 9.91. The van der Waals surface area contributed by atoms with Crippen LogP contribution in [0.15, 0.2) is 48.5 Å². The van der Waals surface area contributed by atoms with E-state index < -0.39 is 5.60 Å². The highest BCUT2D eigenvalue weighted by Crippen LogP contribution is 2.26. The van der Waals surface area contributed by atoms with Gasteiger partial charge in [0.25, 0.3) is 5.91 Å². The van der Waals surface area contributed by atoms with Gasteiger partial charge >= 0.3 is 5.97 Å². The van der Waals surface area contributed by atoms with Crippen LogP contribution in [0.25, 0.3) is 0 Å². The summed E-state index contributed by atoms with van der Waals surface area (Å²) in [5.41, 5.74) is 1.22. The Labute approximate surface area is 173 Å². The summed E-state index contributed by atoms with van der Waals surface area (Å²) in [4.78, 5) is 24.6. The molecule has 0 saturated carbocycles. The summed E-state index contributed by atoms with van der Waals surface area (Å²) >= 11 is 0. The molecule has 0 atom stereocenters. The standard InChI is InChI=1S/C24H31NO4/c1-7-16-28-21(26)17-8-12-19(13-9-17)25-22(27)24(5,6)29-20-14-10-18(11-15-20)23(2,3)4/h8-15H,7,16H2,1-6H3,(H,25,27). The highest BCUT2D eigenvalue weighted by atomic mass is 16.5. The number of amides is 1. The fourth-order valence-corrected chi connectivity index (χ4v) is 2.61. The monoisotopic (exact) mass is 397 g/mol. The third kappa shape index (κ3) is 6.34. The average Bonchev–Trinajstić information content (AvgIpc) is 2.66. The van der Waals surface area contributed by atoms with Crippen molar-refractivity contribution < 1.29 is 19.1 Å². The molecule has 0 spiro atoms. The Hall–Kier alpha value is -2.82. The van der Waals surface area contributed by atoms with Crippen molar-refractivity contribution in [1.29, 1.82) is 0 Å². The zero-order chi connectivity index (χ0) is 21.7. The number of carbonyl (C=O) groups is 2. The molecular weight excluding hydrogens is 366 g/mol. The second-order valence-electron chi connectivity index (χ2n) is 8.55. The summed E-state index contributed by atoms with van der Waals surface area (Å²) in [5, 5.41) is 2.83. The summed E-state index contributed by atoms with van der Waals surface area (Å²) in [6.07, 6.45) is 0.772. The number of esters is 1. The molecule has 0 saturated heterocycles. The van der Waals surface area contributed by atoms with Crippen molar-refractivity contribution in [3.05, 3.63) is 59.7 Å². The van der Waals surface area contributed by atoms with Gasteiger partial charge in [-0.2, -0.15) is 0 Å². The molecule has 2 rings (SSSR count). The van der Waals surface area contributed by atoms with Crippen LogP contribution in [0.2, 0.25) is 0 Å². The minimum atomic E-state index is -1.07. The van der Waals surface area contributed by atoms with Crippen molar-refractivity contribution >= 4 is 17.6 Å². The first-order valence-corrected chi connectivity index (χ1v) is 9.91. The van der Waals surface area contributed by atoms with Crippen LogP contribution in [0.3, 0.4) is 0 Å². The van der Waals surface area contributed by atoms with Crippen molar-refractivity contribution in [1.82, 2.24) is 0 Å². The summed E-state index contributed by atoms with van der Waals surface area (Å²) in [6, 6.07) is 14.4. The second kappa shape index (κ2) is 9.12. The van der Waals surface area contributed by atoms with Gasteiger partial charge in [-0.05, 0) is 67.6 Å². The normalized spacial score (nSPS) is 11.7. The first-order chi connectivity index (χ1) is 13.5. The molecule has 1 N–H and O–H groups in total. The number of carbonyl (C=O) groups excluding carboxylic acids is 2. The smallest absolute Gasteiger partial charge is 0.338 e. The topological polar surface area (TPSA) is 64.6 Å². The largest absolute Gasteiger partial charge is 0.478 e. The van der Waals surface area contributed by atoms with E-state index in [0.717, 1.165) is 6.42 Å². The molecule has 0 aliphatic rings. The molecular formula is C24H31NO4. The molecule has 0 fully saturated rings. The maximum Gasteiger partial charge on any atom is 0.338 e. The molecule has 0 aliphatic carbocycles. The maximum atomic E-state index is 12.7. The summed E-state index contributed by atoms with van der Waals surface area (Å²) in [5.74, 6) is -0.0158. The molecule has 0 unspecified atom stereocenters. The summed E-state index contributed by atoms with van der Waals surface area (Å²) < 4.78 is 11.0. The molecule has 0 heterocycles. The molecule has 2 aromatic carbocycles. The van der Waals surface area contributed by atoms with Gasteiger partial charge in [-0.3, -0.25) is 4.79 Å². The van der Waals surface area contributed by atoms with Crippen LogP contribution in [-0.2, 0) is 14.9 Å². The fraction of sp³-hybridized carbons (Fsp3) is 0.417. The lowest BCUT2D eigenvalue weighted by atomic mass is 9.87. The predicted molar refractivity (Wildman–Crippen MR) is 115 cm³/mol. The van der Waals surface area contributed by atoms with Crippen molar-refractivity contribution in [2.75, 3.05) is 11.9 Å². The zero-order valence-electron chi connectivity index (χ0n) is 18.2. The van der Waals surface area contributed by atoms with Crippen LogP contribution in [0, 0.1) is 0 Å². The van der Waals surface area contributed by atoms with E-state index in [-0.39, 0.29) is 17.3 Å². The molecule has 1 amide bonds. The molecule has 0 radical (unpaired) electrons. The van der Waals surface area contributed by atoms with Gasteiger partial charge in [0.15, 0.2) is 5.60 Å². The third-order valence-corrected chi connectivity index (χ3v) is 4.46. The molecule has 0 bridgehead atoms. The molecule has 5 nitrogen and oxygen atoms in total. The zero-order valence-corrected chi connectivity index (χ0v) is 18.2. The van der Waals surface area contributed by atoms with E-state index in [1.54, 1.807) is 38.1 Å². The van der Waals surface area contributed by atoms with Gasteiger partial charge in [0.05, 0.1) is 12.2 Å². The molecule has 29 heavy (non-hydrogen) atoms. The number of hydrogen-bond acceptors (Lipinski definition) is 4. The van der Waals surface area contributed by atoms with E-state index >= 15 is 0 Å². The van der Waals surface area contributed by atoms with Crippen molar-refractivity contribution in [2.24, 2.45) is 0 Å². The Bertz CT molecular complexity index is 831. The van der Waals surface area contributed by atoms with E-state index in [1.165, 1.54) is 5.56 Å². The van der Waals surface area contributed by atoms with E-state index in [0.29, 0.717) is 23.6 Å². The van der Waals surface area contributed by atoms with Gasteiger partial charge in [-0.1, -0.05) is 39.8 Å². The fourth-order valence-electron chi connectivity index (χ4n) is 2.61. The minimum absolute atomic E-state index is 0.0561. The van der Waals surface area contributed by atoms with Gasteiger partial charge in [0, 0.05) is 5.69 Å². The summed E-state index contributed by atoms with van der Waals surface area (Å²) in [7, 11) is 0. The number of benzene rings is 2. The SMILES string of the molecule is CCCOC(=O)c1ccc(NC(=O)C(C)(C)Oc2ccc(C(C)(C)C)cc2)cc1. The third-order valence-electron chi connectivity index (χ3n) is 4.46. The minimum Gasteiger partial charge on any atom is -0.478 e. The molecule has 5 heteroatoms. The Kier molecular flexibility index (Phi) is 7.07. The number of ether oxygens (including phenoxy) is 2. The van der Waals surface area contributed by atoms with Crippen LogP contribution in [0.1, 0.15) is 63.9 Å². The van der Waals surface area contributed by atoms with E-state index in [1.807, 2.05) is 31.2 Å². The molecule has 0 aliphatic heterocycles. The number of nitrogens with one attached hydrogen (secondary N) is 1. The molecule has 2 aromatic rings. The van der Waals surface area contributed by atoms with Gasteiger partial charge in [-0.25, -0.2) is 4.79 Å². The molecule has 0 aromatic heterocycles. The number of rotatable bonds is 7. The van der Waals surface area contributed by atoms with Crippen molar-refractivity contribution in [3.63, 3.8) is 0 Å². The van der Waals surface area contributed by atoms with E-state index in [2.05, 4.69) is 26.1 Å². The van der Waals surface area contributed by atoms with E-state index in [9.17, 15) is 9.59 Å².